The number of para-hydroxylation sites is 4. The van der Waals surface area contributed by atoms with Crippen LogP contribution in [-0.4, -0.2) is 4.57 Å². The Kier molecular flexibility index (Phi) is 3.29. The quantitative estimate of drug-likeness (QED) is 0.392. The average Bonchev–Trinajstić information content (AvgIpc) is 3.04. The number of hydrogen-bond donors (Lipinski definition) is 1. The summed E-state index contributed by atoms with van der Waals surface area (Å²) < 4.78 is 2.34. The van der Waals surface area contributed by atoms with Crippen molar-refractivity contribution >= 4 is 27.5 Å². The number of nitrogens with zero attached hydrogens (tertiary/aromatic N) is 1. The molecule has 2 nitrogen and oxygen atoms in total. The van der Waals surface area contributed by atoms with Crippen LogP contribution in [0, 0.1) is 0 Å². The van der Waals surface area contributed by atoms with Gasteiger partial charge >= 0.3 is 0 Å². The molecule has 0 fully saturated rings. The molecule has 0 bridgehead atoms. The number of nitrogen functional groups attached to an aromatic ring is 1. The van der Waals surface area contributed by atoms with E-state index in [4.69, 9.17) is 5.73 Å². The van der Waals surface area contributed by atoms with Crippen molar-refractivity contribution in [3.8, 4) is 16.8 Å². The van der Waals surface area contributed by atoms with Crippen molar-refractivity contribution in [1.82, 2.24) is 4.57 Å². The fraction of sp³-hybridized carbons (Fsp3) is 0. The third-order valence-corrected chi connectivity index (χ3v) is 4.96. The van der Waals surface area contributed by atoms with Gasteiger partial charge in [0.1, 0.15) is 0 Å². The van der Waals surface area contributed by atoms with Crippen LogP contribution in [0.5, 0.6) is 0 Å². The molecule has 5 rings (SSSR count). The first-order valence-corrected chi connectivity index (χ1v) is 8.77. The summed E-state index contributed by atoms with van der Waals surface area (Å²) in [4.78, 5) is 0. The van der Waals surface area contributed by atoms with E-state index in [9.17, 15) is 0 Å². The molecule has 0 amide bonds. The molecule has 0 atom stereocenters. The van der Waals surface area contributed by atoms with Gasteiger partial charge in [-0.05, 0) is 24.3 Å². The van der Waals surface area contributed by atoms with Crippen LogP contribution in [0.3, 0.4) is 0 Å². The van der Waals surface area contributed by atoms with Crippen LogP contribution in [0.1, 0.15) is 0 Å². The number of hydrogen-bond acceptors (Lipinski definition) is 1. The van der Waals surface area contributed by atoms with Gasteiger partial charge < -0.3 is 10.3 Å². The molecule has 2 N–H and O–H groups in total. The summed E-state index contributed by atoms with van der Waals surface area (Å²) in [6.45, 7) is 0. The Bertz CT molecular complexity index is 1230. The Morgan fingerprint density at radius 1 is 0.538 bits per heavy atom. The van der Waals surface area contributed by atoms with Crippen LogP contribution in [0.25, 0.3) is 38.6 Å². The van der Waals surface area contributed by atoms with E-state index in [1.807, 2.05) is 24.3 Å². The van der Waals surface area contributed by atoms with E-state index in [0.29, 0.717) is 0 Å². The lowest BCUT2D eigenvalue weighted by Gasteiger charge is -2.12. The molecule has 0 aliphatic rings. The topological polar surface area (TPSA) is 30.9 Å². The normalized spacial score (nSPS) is 11.2. The molecule has 0 aliphatic carbocycles. The van der Waals surface area contributed by atoms with Crippen molar-refractivity contribution in [2.75, 3.05) is 5.73 Å². The highest BCUT2D eigenvalue weighted by Crippen LogP contribution is 2.39. The first kappa shape index (κ1) is 14.8. The number of aromatic nitrogens is 1. The number of rotatable bonds is 2. The Morgan fingerprint density at radius 3 is 2.04 bits per heavy atom. The van der Waals surface area contributed by atoms with Crippen molar-refractivity contribution in [2.45, 2.75) is 0 Å². The third-order valence-electron chi connectivity index (χ3n) is 4.96. The van der Waals surface area contributed by atoms with Gasteiger partial charge in [0.25, 0.3) is 0 Å². The van der Waals surface area contributed by atoms with E-state index >= 15 is 0 Å². The summed E-state index contributed by atoms with van der Waals surface area (Å²) in [6.07, 6.45) is 0. The van der Waals surface area contributed by atoms with E-state index in [1.165, 1.54) is 21.8 Å². The molecule has 0 spiro atoms. The molecule has 0 saturated heterocycles. The minimum atomic E-state index is 0.796. The van der Waals surface area contributed by atoms with Crippen molar-refractivity contribution in [3.63, 3.8) is 0 Å². The van der Waals surface area contributed by atoms with E-state index in [1.54, 1.807) is 0 Å². The molecule has 0 saturated carbocycles. The molecule has 0 radical (unpaired) electrons. The summed E-state index contributed by atoms with van der Waals surface area (Å²) in [6, 6.07) is 33.6. The minimum Gasteiger partial charge on any atom is -0.398 e. The summed E-state index contributed by atoms with van der Waals surface area (Å²) in [5.74, 6) is 0. The Labute approximate surface area is 152 Å². The van der Waals surface area contributed by atoms with E-state index < -0.39 is 0 Å². The van der Waals surface area contributed by atoms with Gasteiger partial charge in [0, 0.05) is 33.3 Å². The highest BCUT2D eigenvalue weighted by atomic mass is 15.0. The first-order valence-electron chi connectivity index (χ1n) is 8.77. The molecule has 0 aliphatic heterocycles. The van der Waals surface area contributed by atoms with Gasteiger partial charge in [0.15, 0.2) is 0 Å². The van der Waals surface area contributed by atoms with Gasteiger partial charge in [-0.25, -0.2) is 0 Å². The Balaban J connectivity index is 2.00. The van der Waals surface area contributed by atoms with Gasteiger partial charge in [-0.3, -0.25) is 0 Å². The Hall–Kier alpha value is -3.52. The molecule has 4 aromatic carbocycles. The van der Waals surface area contributed by atoms with Crippen molar-refractivity contribution < 1.29 is 0 Å². The second-order valence-corrected chi connectivity index (χ2v) is 6.48. The summed E-state index contributed by atoms with van der Waals surface area (Å²) >= 11 is 0. The van der Waals surface area contributed by atoms with Gasteiger partial charge in [0.2, 0.25) is 0 Å². The molecule has 26 heavy (non-hydrogen) atoms. The largest absolute Gasteiger partial charge is 0.398 e. The van der Waals surface area contributed by atoms with Crippen LogP contribution < -0.4 is 5.73 Å². The van der Waals surface area contributed by atoms with Crippen molar-refractivity contribution in [1.29, 1.82) is 0 Å². The number of benzene rings is 4. The highest BCUT2D eigenvalue weighted by molar-refractivity contribution is 6.14. The standard InChI is InChI=1S/C24H18N2/c25-22-15-6-4-11-18(22)20-13-8-14-21-19-12-5-7-16-23(19)26(24(20)21)17-9-2-1-3-10-17/h1-16H,25H2. The van der Waals surface area contributed by atoms with Crippen LogP contribution in [0.4, 0.5) is 5.69 Å². The van der Waals surface area contributed by atoms with Crippen LogP contribution in [0.2, 0.25) is 0 Å². The fourth-order valence-electron chi connectivity index (χ4n) is 3.82. The van der Waals surface area contributed by atoms with Crippen molar-refractivity contribution in [2.24, 2.45) is 0 Å². The zero-order valence-corrected chi connectivity index (χ0v) is 14.3. The summed E-state index contributed by atoms with van der Waals surface area (Å²) in [5.41, 5.74) is 12.9. The number of fused-ring (bicyclic) bond motifs is 3. The SMILES string of the molecule is Nc1ccccc1-c1cccc2c3ccccc3n(-c3ccccc3)c12. The lowest BCUT2D eigenvalue weighted by atomic mass is 10.0. The highest BCUT2D eigenvalue weighted by Gasteiger charge is 2.16. The monoisotopic (exact) mass is 334 g/mol. The fourth-order valence-corrected chi connectivity index (χ4v) is 3.82. The van der Waals surface area contributed by atoms with Crippen LogP contribution in [0.15, 0.2) is 97.1 Å². The van der Waals surface area contributed by atoms with E-state index in [-0.39, 0.29) is 0 Å². The first-order chi connectivity index (χ1) is 12.8. The molecule has 1 heterocycles. The second kappa shape index (κ2) is 5.78. The number of nitrogens with two attached hydrogens (primary N) is 1. The van der Waals surface area contributed by atoms with E-state index in [2.05, 4.69) is 77.4 Å². The smallest absolute Gasteiger partial charge is 0.0620 e. The predicted molar refractivity (Wildman–Crippen MR) is 111 cm³/mol. The lowest BCUT2D eigenvalue weighted by Crippen LogP contribution is -1.96. The maximum absolute atomic E-state index is 6.32. The minimum absolute atomic E-state index is 0.796. The van der Waals surface area contributed by atoms with Crippen LogP contribution >= 0.6 is 0 Å². The molecular weight excluding hydrogens is 316 g/mol. The lowest BCUT2D eigenvalue weighted by molar-refractivity contribution is 1.18. The third kappa shape index (κ3) is 2.12. The van der Waals surface area contributed by atoms with Gasteiger partial charge in [0.05, 0.1) is 11.0 Å². The molecule has 124 valence electrons. The second-order valence-electron chi connectivity index (χ2n) is 6.48. The Morgan fingerprint density at radius 2 is 1.19 bits per heavy atom. The maximum atomic E-state index is 6.32. The zero-order chi connectivity index (χ0) is 17.5. The van der Waals surface area contributed by atoms with E-state index in [0.717, 1.165) is 22.5 Å². The maximum Gasteiger partial charge on any atom is 0.0620 e. The molecular formula is C24H18N2. The van der Waals surface area contributed by atoms with Crippen molar-refractivity contribution in [3.05, 3.63) is 97.1 Å². The molecule has 1 aromatic heterocycles. The number of anilines is 1. The van der Waals surface area contributed by atoms with Crippen LogP contribution in [-0.2, 0) is 0 Å². The summed E-state index contributed by atoms with van der Waals surface area (Å²) in [5, 5.41) is 2.49. The zero-order valence-electron chi connectivity index (χ0n) is 14.3. The van der Waals surface area contributed by atoms with Gasteiger partial charge in [-0.1, -0.05) is 72.8 Å². The molecule has 2 heteroatoms. The summed E-state index contributed by atoms with van der Waals surface area (Å²) in [7, 11) is 0. The molecule has 5 aromatic rings. The molecule has 0 unspecified atom stereocenters. The van der Waals surface area contributed by atoms with Gasteiger partial charge in [-0.2, -0.15) is 0 Å². The predicted octanol–water partition coefficient (Wildman–Crippen LogP) is 6.03. The van der Waals surface area contributed by atoms with Gasteiger partial charge in [-0.15, -0.1) is 0 Å². The average molecular weight is 334 g/mol.